The van der Waals surface area contributed by atoms with Crippen LogP contribution in [-0.2, 0) is 5.41 Å². The first-order valence-corrected chi connectivity index (χ1v) is 14.5. The van der Waals surface area contributed by atoms with Gasteiger partial charge >= 0.3 is 0 Å². The van der Waals surface area contributed by atoms with Crippen molar-refractivity contribution in [3.05, 3.63) is 77.2 Å². The van der Waals surface area contributed by atoms with E-state index in [-0.39, 0.29) is 22.9 Å². The highest BCUT2D eigenvalue weighted by atomic mass is 19.1. The van der Waals surface area contributed by atoms with E-state index >= 15 is 0 Å². The summed E-state index contributed by atoms with van der Waals surface area (Å²) in [5, 5.41) is 12.0. The minimum absolute atomic E-state index is 0.154. The van der Waals surface area contributed by atoms with Crippen molar-refractivity contribution in [2.45, 2.75) is 89.1 Å². The van der Waals surface area contributed by atoms with Crippen molar-refractivity contribution in [1.29, 1.82) is 0 Å². The molecule has 6 rings (SSSR count). The van der Waals surface area contributed by atoms with Crippen LogP contribution in [0.2, 0.25) is 0 Å². The van der Waals surface area contributed by atoms with E-state index < -0.39 is 11.6 Å². The summed E-state index contributed by atoms with van der Waals surface area (Å²) >= 11 is 0. The molecule has 0 bridgehead atoms. The van der Waals surface area contributed by atoms with Gasteiger partial charge in [-0.1, -0.05) is 25.4 Å². The van der Waals surface area contributed by atoms with E-state index in [9.17, 15) is 13.6 Å². The first kappa shape index (κ1) is 27.4. The Morgan fingerprint density at radius 3 is 2.71 bits per heavy atom. The lowest BCUT2D eigenvalue weighted by molar-refractivity contribution is 0.0820. The predicted molar refractivity (Wildman–Crippen MR) is 151 cm³/mol. The quantitative estimate of drug-likeness (QED) is 0.279. The van der Waals surface area contributed by atoms with E-state index in [0.29, 0.717) is 29.1 Å². The maximum absolute atomic E-state index is 14.7. The van der Waals surface area contributed by atoms with Crippen LogP contribution < -0.4 is 10.2 Å². The molecule has 1 saturated carbocycles. The van der Waals surface area contributed by atoms with E-state index in [1.54, 1.807) is 17.6 Å². The number of nitrogens with one attached hydrogen (secondary N) is 1. The highest BCUT2D eigenvalue weighted by Gasteiger charge is 2.44. The van der Waals surface area contributed by atoms with Crippen molar-refractivity contribution >= 4 is 17.1 Å². The van der Waals surface area contributed by atoms with Crippen LogP contribution in [0, 0.1) is 18.6 Å². The molecule has 216 valence electrons. The van der Waals surface area contributed by atoms with Gasteiger partial charge in [0.05, 0.1) is 23.3 Å². The van der Waals surface area contributed by atoms with Gasteiger partial charge in [0.15, 0.2) is 5.82 Å². The number of hydrogen-bond acceptors (Lipinski definition) is 6. The molecule has 4 aromatic rings. The molecule has 4 heterocycles. The number of anilines is 1. The normalized spacial score (nSPS) is 24.7. The smallest absolute Gasteiger partial charge is 0.255 e. The van der Waals surface area contributed by atoms with Gasteiger partial charge in [0, 0.05) is 41.9 Å². The molecule has 1 saturated heterocycles. The zero-order valence-corrected chi connectivity index (χ0v) is 23.8. The molecule has 3 aromatic heterocycles. The van der Waals surface area contributed by atoms with E-state index in [1.807, 2.05) is 18.3 Å². The zero-order chi connectivity index (χ0) is 28.8. The fourth-order valence-electron chi connectivity index (χ4n) is 6.76. The lowest BCUT2D eigenvalue weighted by Gasteiger charge is -2.44. The lowest BCUT2D eigenvalue weighted by atomic mass is 9.66. The molecule has 1 N–H and O–H groups in total. The number of rotatable bonds is 7. The molecule has 1 aliphatic heterocycles. The van der Waals surface area contributed by atoms with Gasteiger partial charge in [-0.3, -0.25) is 4.79 Å². The number of fused-ring (bicyclic) bond motifs is 1. The fraction of sp³-hybridized carbons (Fsp3) is 0.484. The summed E-state index contributed by atoms with van der Waals surface area (Å²) in [5.41, 5.74) is 1.87. The summed E-state index contributed by atoms with van der Waals surface area (Å²) < 4.78 is 35.6. The third-order valence-corrected chi connectivity index (χ3v) is 9.14. The van der Waals surface area contributed by atoms with Gasteiger partial charge in [-0.05, 0) is 75.3 Å². The topological polar surface area (TPSA) is 88.6 Å². The van der Waals surface area contributed by atoms with Crippen LogP contribution in [0.4, 0.5) is 14.5 Å². The number of carbonyl (C=O) groups is 1. The Bertz CT molecular complexity index is 1570. The van der Waals surface area contributed by atoms with Crippen LogP contribution in [0.25, 0.3) is 5.52 Å². The minimum atomic E-state index is -0.449. The first-order chi connectivity index (χ1) is 19.7. The molecule has 2 fully saturated rings. The molecular formula is C31H36F2N6O2. The Labute approximate surface area is 238 Å². The third kappa shape index (κ3) is 5.08. The molecule has 8 nitrogen and oxygen atoms in total. The molecule has 2 aliphatic rings. The second-order valence-electron chi connectivity index (χ2n) is 12.0. The molecule has 1 aliphatic carbocycles. The summed E-state index contributed by atoms with van der Waals surface area (Å²) in [5.74, 6) is 0.287. The maximum Gasteiger partial charge on any atom is 0.255 e. The zero-order valence-electron chi connectivity index (χ0n) is 23.8. The highest BCUT2D eigenvalue weighted by molar-refractivity contribution is 6.01. The van der Waals surface area contributed by atoms with Crippen molar-refractivity contribution in [2.75, 3.05) is 11.4 Å². The predicted octanol–water partition coefficient (Wildman–Crippen LogP) is 6.45. The average molecular weight is 563 g/mol. The van der Waals surface area contributed by atoms with E-state index in [2.05, 4.69) is 39.3 Å². The van der Waals surface area contributed by atoms with E-state index in [4.69, 9.17) is 4.52 Å². The number of hydrogen-bond donors (Lipinski definition) is 1. The van der Waals surface area contributed by atoms with Crippen LogP contribution in [0.15, 0.2) is 47.2 Å². The maximum atomic E-state index is 14.7. The molecule has 1 unspecified atom stereocenters. The van der Waals surface area contributed by atoms with Crippen LogP contribution >= 0.6 is 0 Å². The standard InChI is InChI=1S/C31H36F2N6O2/c1-4-10-31(13-11-30(3,12-14-31)29-35-20(2)41-37-29)36-28(40)24-19-34-39-16-9-22(18-27(24)39)38-15-5-6-26(38)23-17-21(32)7-8-25(23)33/h7-9,16-19,26H,4-6,10-15H2,1-3H3,(H,36,40). The van der Waals surface area contributed by atoms with Crippen LogP contribution in [0.1, 0.15) is 98.9 Å². The van der Waals surface area contributed by atoms with E-state index in [0.717, 1.165) is 68.9 Å². The summed E-state index contributed by atoms with van der Waals surface area (Å²) in [6, 6.07) is 7.19. The monoisotopic (exact) mass is 562 g/mol. The Balaban J connectivity index is 1.24. The minimum Gasteiger partial charge on any atom is -0.364 e. The number of nitrogens with zero attached hydrogens (tertiary/aromatic N) is 5. The number of pyridine rings is 1. The second-order valence-corrected chi connectivity index (χ2v) is 12.0. The van der Waals surface area contributed by atoms with Gasteiger partial charge in [0.2, 0.25) is 5.89 Å². The Morgan fingerprint density at radius 1 is 1.17 bits per heavy atom. The summed E-state index contributed by atoms with van der Waals surface area (Å²) in [4.78, 5) is 20.4. The SMILES string of the molecule is CCCC1(NC(=O)c2cnn3ccc(N4CCCC4c4cc(F)ccc4F)cc23)CCC(C)(c2noc(C)n2)CC1. The van der Waals surface area contributed by atoms with Crippen molar-refractivity contribution < 1.29 is 18.1 Å². The molecule has 1 amide bonds. The number of aryl methyl sites for hydroxylation is 1. The van der Waals surface area contributed by atoms with E-state index in [1.165, 1.54) is 12.1 Å². The molecular weight excluding hydrogens is 526 g/mol. The van der Waals surface area contributed by atoms with Crippen molar-refractivity contribution in [1.82, 2.24) is 25.1 Å². The lowest BCUT2D eigenvalue weighted by Crippen LogP contribution is -2.52. The van der Waals surface area contributed by atoms with Crippen LogP contribution in [-0.4, -0.2) is 37.7 Å². The fourth-order valence-corrected chi connectivity index (χ4v) is 6.76. The molecule has 1 aromatic carbocycles. The number of halogens is 2. The van der Waals surface area contributed by atoms with Crippen LogP contribution in [0.5, 0.6) is 0 Å². The van der Waals surface area contributed by atoms with Gasteiger partial charge < -0.3 is 14.7 Å². The molecule has 10 heteroatoms. The van der Waals surface area contributed by atoms with Crippen LogP contribution in [0.3, 0.4) is 0 Å². The van der Waals surface area contributed by atoms with Gasteiger partial charge in [-0.2, -0.15) is 10.1 Å². The van der Waals surface area contributed by atoms with Gasteiger partial charge in [-0.25, -0.2) is 13.3 Å². The van der Waals surface area contributed by atoms with Crippen molar-refractivity contribution in [3.8, 4) is 0 Å². The number of aromatic nitrogens is 4. The van der Waals surface area contributed by atoms with Gasteiger partial charge in [-0.15, -0.1) is 0 Å². The highest BCUT2D eigenvalue weighted by Crippen LogP contribution is 2.44. The van der Waals surface area contributed by atoms with Gasteiger partial charge in [0.25, 0.3) is 5.91 Å². The molecule has 41 heavy (non-hydrogen) atoms. The molecule has 0 spiro atoms. The number of amides is 1. The second kappa shape index (κ2) is 10.5. The third-order valence-electron chi connectivity index (χ3n) is 9.14. The summed E-state index contributed by atoms with van der Waals surface area (Å²) in [7, 11) is 0. The Morgan fingerprint density at radius 2 is 1.98 bits per heavy atom. The first-order valence-electron chi connectivity index (χ1n) is 14.5. The average Bonchev–Trinajstić information content (AvgIpc) is 3.71. The van der Waals surface area contributed by atoms with Crippen molar-refractivity contribution in [2.24, 2.45) is 0 Å². The Hall–Kier alpha value is -3.82. The van der Waals surface area contributed by atoms with Crippen molar-refractivity contribution in [3.63, 3.8) is 0 Å². The molecule has 0 radical (unpaired) electrons. The number of benzene rings is 1. The Kier molecular flexibility index (Phi) is 7.03. The summed E-state index contributed by atoms with van der Waals surface area (Å²) in [6.45, 7) is 6.82. The number of carbonyl (C=O) groups excluding carboxylic acids is 1. The van der Waals surface area contributed by atoms with Gasteiger partial charge in [0.1, 0.15) is 11.6 Å². The molecule has 1 atom stereocenters. The largest absolute Gasteiger partial charge is 0.364 e. The summed E-state index contributed by atoms with van der Waals surface area (Å²) in [6.07, 6.45) is 10.2.